The first-order valence-corrected chi connectivity index (χ1v) is 7.18. The van der Waals surface area contributed by atoms with Gasteiger partial charge in [-0.3, -0.25) is 4.68 Å². The van der Waals surface area contributed by atoms with Crippen LogP contribution >= 0.6 is 0 Å². The second-order valence-electron chi connectivity index (χ2n) is 4.91. The number of aromatic nitrogens is 2. The predicted molar refractivity (Wildman–Crippen MR) is 80.8 cm³/mol. The van der Waals surface area contributed by atoms with Crippen molar-refractivity contribution in [3.05, 3.63) is 47.8 Å². The highest BCUT2D eigenvalue weighted by Gasteiger charge is 2.03. The van der Waals surface area contributed by atoms with Gasteiger partial charge < -0.3 is 10.1 Å². The molecule has 108 valence electrons. The third kappa shape index (κ3) is 4.38. The molecule has 0 aliphatic heterocycles. The van der Waals surface area contributed by atoms with Crippen LogP contribution in [0.1, 0.15) is 24.5 Å². The molecule has 0 fully saturated rings. The van der Waals surface area contributed by atoms with Crippen LogP contribution in [0.5, 0.6) is 5.75 Å². The lowest BCUT2D eigenvalue weighted by atomic mass is 10.2. The van der Waals surface area contributed by atoms with Crippen LogP contribution in [0.15, 0.2) is 36.7 Å². The van der Waals surface area contributed by atoms with Crippen LogP contribution in [-0.4, -0.2) is 22.9 Å². The molecule has 0 spiro atoms. The highest BCUT2D eigenvalue weighted by molar-refractivity contribution is 5.33. The molecule has 1 heterocycles. The smallest absolute Gasteiger partial charge is 0.123 e. The van der Waals surface area contributed by atoms with Gasteiger partial charge in [0.2, 0.25) is 0 Å². The largest absolute Gasteiger partial charge is 0.493 e. The Kier molecular flexibility index (Phi) is 5.62. The van der Waals surface area contributed by atoms with E-state index in [1.807, 2.05) is 36.3 Å². The van der Waals surface area contributed by atoms with Gasteiger partial charge in [0.05, 0.1) is 12.8 Å². The summed E-state index contributed by atoms with van der Waals surface area (Å²) in [4.78, 5) is 0. The summed E-state index contributed by atoms with van der Waals surface area (Å²) < 4.78 is 7.72. The van der Waals surface area contributed by atoms with E-state index in [4.69, 9.17) is 4.74 Å². The van der Waals surface area contributed by atoms with Crippen LogP contribution in [0.4, 0.5) is 0 Å². The minimum Gasteiger partial charge on any atom is -0.493 e. The van der Waals surface area contributed by atoms with Crippen molar-refractivity contribution >= 4 is 0 Å². The first-order chi connectivity index (χ1) is 9.79. The number of rotatable bonds is 8. The fourth-order valence-electron chi connectivity index (χ4n) is 2.07. The lowest BCUT2D eigenvalue weighted by Gasteiger charge is -2.11. The Hall–Kier alpha value is -1.81. The van der Waals surface area contributed by atoms with E-state index in [0.717, 1.165) is 31.7 Å². The zero-order valence-corrected chi connectivity index (χ0v) is 12.3. The normalized spacial score (nSPS) is 10.7. The van der Waals surface area contributed by atoms with E-state index in [0.29, 0.717) is 6.61 Å². The maximum atomic E-state index is 5.90. The van der Waals surface area contributed by atoms with Gasteiger partial charge in [0, 0.05) is 31.8 Å². The molecule has 0 amide bonds. The molecule has 0 radical (unpaired) electrons. The molecule has 0 saturated heterocycles. The summed E-state index contributed by atoms with van der Waals surface area (Å²) in [5, 5.41) is 7.57. The fraction of sp³-hybridized carbons (Fsp3) is 0.438. The second-order valence-corrected chi connectivity index (χ2v) is 4.91. The van der Waals surface area contributed by atoms with Crippen molar-refractivity contribution < 1.29 is 4.74 Å². The average Bonchev–Trinajstić information content (AvgIpc) is 2.86. The van der Waals surface area contributed by atoms with E-state index in [1.54, 1.807) is 0 Å². The van der Waals surface area contributed by atoms with Crippen LogP contribution in [0.25, 0.3) is 0 Å². The molecule has 4 heteroatoms. The summed E-state index contributed by atoms with van der Waals surface area (Å²) in [6.45, 7) is 4.74. The fourth-order valence-corrected chi connectivity index (χ4v) is 2.07. The SMILES string of the molecule is CCCNCc1ccccc1OCCc1cnn(C)c1. The topological polar surface area (TPSA) is 39.1 Å². The van der Waals surface area contributed by atoms with Crippen LogP contribution in [0.2, 0.25) is 0 Å². The molecular formula is C16H23N3O. The molecule has 1 aromatic carbocycles. The van der Waals surface area contributed by atoms with Crippen molar-refractivity contribution in [3.63, 3.8) is 0 Å². The van der Waals surface area contributed by atoms with Crippen molar-refractivity contribution in [2.45, 2.75) is 26.3 Å². The van der Waals surface area contributed by atoms with Crippen molar-refractivity contribution in [3.8, 4) is 5.75 Å². The Morgan fingerprint density at radius 1 is 1.30 bits per heavy atom. The summed E-state index contributed by atoms with van der Waals surface area (Å²) in [7, 11) is 1.93. The second kappa shape index (κ2) is 7.70. The molecule has 1 N–H and O–H groups in total. The molecule has 0 unspecified atom stereocenters. The Morgan fingerprint density at radius 3 is 2.90 bits per heavy atom. The summed E-state index contributed by atoms with van der Waals surface area (Å²) in [6.07, 6.45) is 5.94. The number of aryl methyl sites for hydroxylation is 1. The molecule has 1 aromatic heterocycles. The molecule has 0 bridgehead atoms. The van der Waals surface area contributed by atoms with E-state index >= 15 is 0 Å². The summed E-state index contributed by atoms with van der Waals surface area (Å²) in [6, 6.07) is 8.22. The van der Waals surface area contributed by atoms with Crippen molar-refractivity contribution in [2.24, 2.45) is 7.05 Å². The van der Waals surface area contributed by atoms with Gasteiger partial charge in [-0.1, -0.05) is 25.1 Å². The van der Waals surface area contributed by atoms with Crippen LogP contribution in [-0.2, 0) is 20.0 Å². The van der Waals surface area contributed by atoms with Gasteiger partial charge in [0.25, 0.3) is 0 Å². The Labute approximate surface area is 120 Å². The van der Waals surface area contributed by atoms with E-state index in [1.165, 1.54) is 11.1 Å². The van der Waals surface area contributed by atoms with Crippen molar-refractivity contribution in [1.29, 1.82) is 0 Å². The van der Waals surface area contributed by atoms with E-state index in [2.05, 4.69) is 29.5 Å². The third-order valence-electron chi connectivity index (χ3n) is 3.12. The molecule has 4 nitrogen and oxygen atoms in total. The van der Waals surface area contributed by atoms with E-state index < -0.39 is 0 Å². The lowest BCUT2D eigenvalue weighted by molar-refractivity contribution is 0.317. The number of nitrogens with zero attached hydrogens (tertiary/aromatic N) is 2. The zero-order valence-electron chi connectivity index (χ0n) is 12.3. The number of nitrogens with one attached hydrogen (secondary N) is 1. The average molecular weight is 273 g/mol. The molecular weight excluding hydrogens is 250 g/mol. The minimum absolute atomic E-state index is 0.677. The highest BCUT2D eigenvalue weighted by atomic mass is 16.5. The zero-order chi connectivity index (χ0) is 14.2. The molecule has 0 atom stereocenters. The summed E-state index contributed by atoms with van der Waals surface area (Å²) in [5.74, 6) is 0.972. The lowest BCUT2D eigenvalue weighted by Crippen LogP contribution is -2.15. The van der Waals surface area contributed by atoms with E-state index in [9.17, 15) is 0 Å². The van der Waals surface area contributed by atoms with Gasteiger partial charge in [-0.15, -0.1) is 0 Å². The van der Waals surface area contributed by atoms with Crippen molar-refractivity contribution in [2.75, 3.05) is 13.2 Å². The molecule has 0 saturated carbocycles. The van der Waals surface area contributed by atoms with Gasteiger partial charge in [-0.2, -0.15) is 5.10 Å². The Bertz CT molecular complexity index is 522. The van der Waals surface area contributed by atoms with Gasteiger partial charge in [-0.05, 0) is 24.6 Å². The molecule has 2 rings (SSSR count). The maximum absolute atomic E-state index is 5.90. The predicted octanol–water partition coefficient (Wildman–Crippen LogP) is 2.54. The van der Waals surface area contributed by atoms with Crippen molar-refractivity contribution in [1.82, 2.24) is 15.1 Å². The first-order valence-electron chi connectivity index (χ1n) is 7.18. The standard InChI is InChI=1S/C16H23N3O/c1-3-9-17-12-15-6-4-5-7-16(15)20-10-8-14-11-18-19(2)13-14/h4-7,11,13,17H,3,8-10,12H2,1-2H3. The quantitative estimate of drug-likeness (QED) is 0.751. The van der Waals surface area contributed by atoms with Gasteiger partial charge in [0.15, 0.2) is 0 Å². The monoisotopic (exact) mass is 273 g/mol. The number of benzene rings is 1. The molecule has 20 heavy (non-hydrogen) atoms. The van der Waals surface area contributed by atoms with Gasteiger partial charge in [-0.25, -0.2) is 0 Å². The number of hydrogen-bond donors (Lipinski definition) is 1. The van der Waals surface area contributed by atoms with Crippen LogP contribution in [0, 0.1) is 0 Å². The van der Waals surface area contributed by atoms with Gasteiger partial charge in [0.1, 0.15) is 5.75 Å². The van der Waals surface area contributed by atoms with E-state index in [-0.39, 0.29) is 0 Å². The number of ether oxygens (including phenoxy) is 1. The third-order valence-corrected chi connectivity index (χ3v) is 3.12. The Morgan fingerprint density at radius 2 is 2.15 bits per heavy atom. The molecule has 0 aliphatic carbocycles. The summed E-state index contributed by atoms with van der Waals surface area (Å²) >= 11 is 0. The molecule has 0 aliphatic rings. The highest BCUT2D eigenvalue weighted by Crippen LogP contribution is 2.18. The van der Waals surface area contributed by atoms with Gasteiger partial charge >= 0.3 is 0 Å². The van der Waals surface area contributed by atoms with Crippen LogP contribution in [0.3, 0.4) is 0 Å². The summed E-state index contributed by atoms with van der Waals surface area (Å²) in [5.41, 5.74) is 2.42. The first kappa shape index (κ1) is 14.6. The number of para-hydroxylation sites is 1. The molecule has 2 aromatic rings. The maximum Gasteiger partial charge on any atom is 0.123 e. The number of hydrogen-bond acceptors (Lipinski definition) is 3. The minimum atomic E-state index is 0.677. The Balaban J connectivity index is 1.85. The van der Waals surface area contributed by atoms with Crippen LogP contribution < -0.4 is 10.1 Å².